The number of aryl methyl sites for hydroxylation is 2. The Morgan fingerprint density at radius 3 is 2.44 bits per heavy atom. The molecule has 0 saturated carbocycles. The Kier molecular flexibility index (Phi) is 3.07. The average molecular weight is 212 g/mol. The summed E-state index contributed by atoms with van der Waals surface area (Å²) in [5.41, 5.74) is 5.91. The summed E-state index contributed by atoms with van der Waals surface area (Å²) in [5, 5.41) is 9.07. The third-order valence-electron chi connectivity index (χ3n) is 2.80. The number of aliphatic hydroxyl groups excluding tert-OH is 1. The van der Waals surface area contributed by atoms with E-state index in [9.17, 15) is 0 Å². The molecule has 0 saturated heterocycles. The average Bonchev–Trinajstić information content (AvgIpc) is 2.28. The van der Waals surface area contributed by atoms with Crippen molar-refractivity contribution >= 4 is 0 Å². The van der Waals surface area contributed by atoms with Crippen molar-refractivity contribution in [2.24, 2.45) is 0 Å². The Bertz CT molecular complexity index is 501. The van der Waals surface area contributed by atoms with Crippen LogP contribution in [0.1, 0.15) is 16.7 Å². The highest BCUT2D eigenvalue weighted by Crippen LogP contribution is 2.24. The summed E-state index contributed by atoms with van der Waals surface area (Å²) in [6, 6.07) is 14.6. The number of benzene rings is 2. The topological polar surface area (TPSA) is 20.2 Å². The van der Waals surface area contributed by atoms with E-state index in [1.54, 1.807) is 0 Å². The molecule has 0 aliphatic carbocycles. The van der Waals surface area contributed by atoms with Crippen LogP contribution in [0.5, 0.6) is 0 Å². The Morgan fingerprint density at radius 2 is 1.81 bits per heavy atom. The number of hydrogen-bond donors (Lipinski definition) is 1. The fourth-order valence-electron chi connectivity index (χ4n) is 1.96. The van der Waals surface area contributed by atoms with E-state index >= 15 is 0 Å². The second-order valence-corrected chi connectivity index (χ2v) is 4.18. The molecule has 0 fully saturated rings. The minimum atomic E-state index is 0.106. The molecule has 1 N–H and O–H groups in total. The predicted octanol–water partition coefficient (Wildman–Crippen LogP) is 3.46. The predicted molar refractivity (Wildman–Crippen MR) is 67.3 cm³/mol. The lowest BCUT2D eigenvalue weighted by molar-refractivity contribution is 0.282. The second-order valence-electron chi connectivity index (χ2n) is 4.18. The number of rotatable bonds is 2. The van der Waals surface area contributed by atoms with Gasteiger partial charge in [-0.25, -0.2) is 0 Å². The van der Waals surface area contributed by atoms with Crippen molar-refractivity contribution in [1.82, 2.24) is 0 Å². The summed E-state index contributed by atoms with van der Waals surface area (Å²) >= 11 is 0. The summed E-state index contributed by atoms with van der Waals surface area (Å²) in [6.45, 7) is 4.28. The van der Waals surface area contributed by atoms with Crippen LogP contribution in [-0.4, -0.2) is 5.11 Å². The van der Waals surface area contributed by atoms with Crippen LogP contribution < -0.4 is 0 Å². The highest BCUT2D eigenvalue weighted by Gasteiger charge is 2.02. The van der Waals surface area contributed by atoms with Gasteiger partial charge < -0.3 is 5.11 Å². The molecule has 0 radical (unpaired) electrons. The van der Waals surface area contributed by atoms with Crippen LogP contribution in [0.4, 0.5) is 0 Å². The van der Waals surface area contributed by atoms with E-state index in [0.29, 0.717) is 0 Å². The summed E-state index contributed by atoms with van der Waals surface area (Å²) in [4.78, 5) is 0. The lowest BCUT2D eigenvalue weighted by Gasteiger charge is -2.08. The molecule has 0 amide bonds. The molecule has 1 nitrogen and oxygen atoms in total. The van der Waals surface area contributed by atoms with Crippen LogP contribution in [0.2, 0.25) is 0 Å². The molecule has 82 valence electrons. The summed E-state index contributed by atoms with van der Waals surface area (Å²) in [5.74, 6) is 0. The molecule has 16 heavy (non-hydrogen) atoms. The van der Waals surface area contributed by atoms with E-state index in [1.165, 1.54) is 22.3 Å². The Morgan fingerprint density at radius 1 is 1.00 bits per heavy atom. The molecule has 0 unspecified atom stereocenters. The van der Waals surface area contributed by atoms with Crippen LogP contribution >= 0.6 is 0 Å². The SMILES string of the molecule is Cc1cccc(-c2ccc(CO)cc2C)c1. The molecule has 2 rings (SSSR count). The third kappa shape index (κ3) is 2.15. The van der Waals surface area contributed by atoms with Gasteiger partial charge in [-0.2, -0.15) is 0 Å². The molecule has 0 aliphatic rings. The zero-order valence-corrected chi connectivity index (χ0v) is 9.70. The molecule has 2 aromatic carbocycles. The zero-order valence-electron chi connectivity index (χ0n) is 9.70. The van der Waals surface area contributed by atoms with Gasteiger partial charge in [-0.3, -0.25) is 0 Å². The van der Waals surface area contributed by atoms with Gasteiger partial charge in [0.15, 0.2) is 0 Å². The van der Waals surface area contributed by atoms with Crippen molar-refractivity contribution < 1.29 is 5.11 Å². The van der Waals surface area contributed by atoms with Gasteiger partial charge in [0, 0.05) is 0 Å². The maximum absolute atomic E-state index is 9.07. The molecule has 0 heterocycles. The number of aliphatic hydroxyl groups is 1. The first kappa shape index (κ1) is 10.9. The van der Waals surface area contributed by atoms with Gasteiger partial charge in [-0.1, -0.05) is 48.0 Å². The Balaban J connectivity index is 2.48. The van der Waals surface area contributed by atoms with E-state index in [2.05, 4.69) is 44.2 Å². The molecule has 1 heteroatoms. The van der Waals surface area contributed by atoms with E-state index in [4.69, 9.17) is 5.11 Å². The standard InChI is InChI=1S/C15H16O/c1-11-4-3-5-14(8-11)15-7-6-13(10-16)9-12(15)2/h3-9,16H,10H2,1-2H3. The van der Waals surface area contributed by atoms with Crippen molar-refractivity contribution in [1.29, 1.82) is 0 Å². The second kappa shape index (κ2) is 4.50. The quantitative estimate of drug-likeness (QED) is 0.808. The first-order chi connectivity index (χ1) is 7.70. The van der Waals surface area contributed by atoms with Crippen LogP contribution in [0.3, 0.4) is 0 Å². The van der Waals surface area contributed by atoms with E-state index in [-0.39, 0.29) is 6.61 Å². The van der Waals surface area contributed by atoms with Crippen LogP contribution in [0.25, 0.3) is 11.1 Å². The monoisotopic (exact) mass is 212 g/mol. The van der Waals surface area contributed by atoms with E-state index < -0.39 is 0 Å². The van der Waals surface area contributed by atoms with Gasteiger partial charge in [0.2, 0.25) is 0 Å². The lowest BCUT2D eigenvalue weighted by Crippen LogP contribution is -1.88. The highest BCUT2D eigenvalue weighted by molar-refractivity contribution is 5.68. The van der Waals surface area contributed by atoms with Crippen molar-refractivity contribution in [3.8, 4) is 11.1 Å². The molecule has 2 aromatic rings. The molecular formula is C15H16O. The molecule has 0 aromatic heterocycles. The van der Waals surface area contributed by atoms with E-state index in [0.717, 1.165) is 5.56 Å². The van der Waals surface area contributed by atoms with Crippen molar-refractivity contribution in [3.05, 3.63) is 59.2 Å². The van der Waals surface area contributed by atoms with Gasteiger partial charge in [0.1, 0.15) is 0 Å². The van der Waals surface area contributed by atoms with Gasteiger partial charge in [0.25, 0.3) is 0 Å². The van der Waals surface area contributed by atoms with Gasteiger partial charge >= 0.3 is 0 Å². The van der Waals surface area contributed by atoms with Gasteiger partial charge in [0.05, 0.1) is 6.61 Å². The number of hydrogen-bond acceptors (Lipinski definition) is 1. The third-order valence-corrected chi connectivity index (χ3v) is 2.80. The first-order valence-corrected chi connectivity index (χ1v) is 5.48. The van der Waals surface area contributed by atoms with Crippen LogP contribution in [-0.2, 0) is 6.61 Å². The smallest absolute Gasteiger partial charge is 0.0681 e. The largest absolute Gasteiger partial charge is 0.392 e. The van der Waals surface area contributed by atoms with Crippen molar-refractivity contribution in [3.63, 3.8) is 0 Å². The zero-order chi connectivity index (χ0) is 11.5. The lowest BCUT2D eigenvalue weighted by atomic mass is 9.97. The Labute approximate surface area is 96.4 Å². The molecular weight excluding hydrogens is 196 g/mol. The first-order valence-electron chi connectivity index (χ1n) is 5.48. The highest BCUT2D eigenvalue weighted by atomic mass is 16.3. The van der Waals surface area contributed by atoms with Gasteiger partial charge in [-0.05, 0) is 36.1 Å². The summed E-state index contributed by atoms with van der Waals surface area (Å²) < 4.78 is 0. The van der Waals surface area contributed by atoms with Crippen LogP contribution in [0.15, 0.2) is 42.5 Å². The maximum Gasteiger partial charge on any atom is 0.0681 e. The van der Waals surface area contributed by atoms with Crippen molar-refractivity contribution in [2.75, 3.05) is 0 Å². The fraction of sp³-hybridized carbons (Fsp3) is 0.200. The molecule has 0 aliphatic heterocycles. The minimum Gasteiger partial charge on any atom is -0.392 e. The fourth-order valence-corrected chi connectivity index (χ4v) is 1.96. The minimum absolute atomic E-state index is 0.106. The maximum atomic E-state index is 9.07. The normalized spacial score (nSPS) is 10.4. The van der Waals surface area contributed by atoms with Crippen molar-refractivity contribution in [2.45, 2.75) is 20.5 Å². The van der Waals surface area contributed by atoms with Crippen LogP contribution in [0, 0.1) is 13.8 Å². The molecule has 0 spiro atoms. The molecule has 0 bridgehead atoms. The summed E-state index contributed by atoms with van der Waals surface area (Å²) in [7, 11) is 0. The van der Waals surface area contributed by atoms with Gasteiger partial charge in [-0.15, -0.1) is 0 Å². The Hall–Kier alpha value is -1.60. The van der Waals surface area contributed by atoms with E-state index in [1.807, 2.05) is 12.1 Å². The summed E-state index contributed by atoms with van der Waals surface area (Å²) in [6.07, 6.45) is 0. The molecule has 0 atom stereocenters.